The van der Waals surface area contributed by atoms with E-state index in [2.05, 4.69) is 15.3 Å². The van der Waals surface area contributed by atoms with Crippen molar-refractivity contribution < 1.29 is 9.90 Å². The first-order chi connectivity index (χ1) is 15.1. The van der Waals surface area contributed by atoms with E-state index in [-0.39, 0.29) is 11.9 Å². The molecule has 1 aromatic heterocycles. The average Bonchev–Trinajstić information content (AvgIpc) is 2.80. The molecule has 0 bridgehead atoms. The van der Waals surface area contributed by atoms with Gasteiger partial charge in [0.1, 0.15) is 17.6 Å². The number of carbonyl (C=O) groups is 1. The summed E-state index contributed by atoms with van der Waals surface area (Å²) in [5.74, 6) is 0.345. The maximum atomic E-state index is 12.9. The van der Waals surface area contributed by atoms with E-state index in [1.165, 1.54) is 4.90 Å². The average molecular weight is 415 g/mol. The Labute approximate surface area is 181 Å². The second kappa shape index (κ2) is 9.07. The van der Waals surface area contributed by atoms with E-state index in [1.54, 1.807) is 19.3 Å². The molecule has 3 aromatic rings. The van der Waals surface area contributed by atoms with Gasteiger partial charge < -0.3 is 10.8 Å². The van der Waals surface area contributed by atoms with Crippen LogP contribution in [0, 0.1) is 5.92 Å². The van der Waals surface area contributed by atoms with Gasteiger partial charge in [-0.15, -0.1) is 0 Å². The summed E-state index contributed by atoms with van der Waals surface area (Å²) < 4.78 is 0. The lowest BCUT2D eigenvalue weighted by molar-refractivity contribution is -0.146. The molecule has 1 fully saturated rings. The number of nitrogens with zero attached hydrogens (tertiary/aromatic N) is 3. The zero-order chi connectivity index (χ0) is 21.8. The highest BCUT2D eigenvalue weighted by Gasteiger charge is 2.47. The van der Waals surface area contributed by atoms with Gasteiger partial charge in [-0.1, -0.05) is 60.7 Å². The Morgan fingerprint density at radius 1 is 1.10 bits per heavy atom. The molecule has 0 aliphatic carbocycles. The number of likely N-dealkylation sites (tertiary alicyclic amines) is 1. The smallest absolute Gasteiger partial charge is 0.242 e. The van der Waals surface area contributed by atoms with Crippen molar-refractivity contribution >= 4 is 17.6 Å². The van der Waals surface area contributed by atoms with Crippen molar-refractivity contribution in [2.75, 3.05) is 12.8 Å². The molecule has 7 nitrogen and oxygen atoms in total. The van der Waals surface area contributed by atoms with Crippen LogP contribution in [0.5, 0.6) is 0 Å². The third-order valence-electron chi connectivity index (χ3n) is 5.43. The van der Waals surface area contributed by atoms with Crippen LogP contribution < -0.4 is 11.1 Å². The van der Waals surface area contributed by atoms with Crippen LogP contribution in [-0.2, 0) is 11.2 Å². The van der Waals surface area contributed by atoms with E-state index in [1.807, 2.05) is 66.7 Å². The quantitative estimate of drug-likeness (QED) is 0.406. The van der Waals surface area contributed by atoms with Gasteiger partial charge in [0.25, 0.3) is 0 Å². The van der Waals surface area contributed by atoms with Gasteiger partial charge in [0.05, 0.1) is 6.04 Å². The van der Waals surface area contributed by atoms with Gasteiger partial charge in [-0.2, -0.15) is 0 Å². The number of pyridine rings is 1. The van der Waals surface area contributed by atoms with Crippen molar-refractivity contribution in [3.8, 4) is 0 Å². The lowest BCUT2D eigenvalue weighted by Crippen LogP contribution is -2.65. The third kappa shape index (κ3) is 4.33. The van der Waals surface area contributed by atoms with Gasteiger partial charge in [-0.05, 0) is 35.2 Å². The number of amides is 1. The third-order valence-corrected chi connectivity index (χ3v) is 5.43. The lowest BCUT2D eigenvalue weighted by Gasteiger charge is -2.43. The minimum Gasteiger partial charge on any atom is -0.384 e. The zero-order valence-electron chi connectivity index (χ0n) is 17.2. The fraction of sp³-hybridized carbons (Fsp3) is 0.208. The summed E-state index contributed by atoms with van der Waals surface area (Å²) in [6.07, 6.45) is 0.868. The highest BCUT2D eigenvalue weighted by atomic mass is 16.3. The Morgan fingerprint density at radius 3 is 2.26 bits per heavy atom. The number of aliphatic hydroxyl groups excluding tert-OH is 1. The number of aliphatic hydroxyl groups is 1. The summed E-state index contributed by atoms with van der Waals surface area (Å²) in [5.41, 5.74) is 8.62. The van der Waals surface area contributed by atoms with Gasteiger partial charge in [-0.3, -0.25) is 20.0 Å². The molecular formula is C24H25N5O2. The van der Waals surface area contributed by atoms with Crippen molar-refractivity contribution in [2.45, 2.75) is 18.8 Å². The van der Waals surface area contributed by atoms with Gasteiger partial charge in [0, 0.05) is 13.2 Å². The molecule has 1 aliphatic rings. The molecule has 1 aliphatic heterocycles. The second-order valence-corrected chi connectivity index (χ2v) is 7.43. The van der Waals surface area contributed by atoms with Crippen LogP contribution in [-0.4, -0.2) is 40.1 Å². The van der Waals surface area contributed by atoms with Crippen molar-refractivity contribution in [2.24, 2.45) is 10.9 Å². The number of β-lactam (4-membered cyclic amide) rings is 1. The largest absolute Gasteiger partial charge is 0.384 e. The molecule has 0 spiro atoms. The van der Waals surface area contributed by atoms with E-state index in [4.69, 9.17) is 5.73 Å². The maximum absolute atomic E-state index is 12.9. The molecule has 31 heavy (non-hydrogen) atoms. The Morgan fingerprint density at radius 2 is 1.71 bits per heavy atom. The van der Waals surface area contributed by atoms with Crippen molar-refractivity contribution in [1.82, 2.24) is 15.2 Å². The van der Waals surface area contributed by atoms with Gasteiger partial charge in [-0.25, -0.2) is 4.98 Å². The number of nitrogen functional groups attached to an aromatic ring is 1. The van der Waals surface area contributed by atoms with Gasteiger partial charge in [0.15, 0.2) is 6.35 Å². The fourth-order valence-corrected chi connectivity index (χ4v) is 3.94. The van der Waals surface area contributed by atoms with Crippen molar-refractivity contribution in [3.63, 3.8) is 0 Å². The standard InChI is InChI=1S/C24H25N5O2/c1-26-22-19(14-16-12-13-27-20(25)15-16)23(30)29(22)24(31)28-21(17-8-4-2-5-9-17)18-10-6-3-7-11-18/h2-13,15,19,21,24,28,31H,14H2,1H3,(H2,25,27)/t19-,24?/m1/s1. The summed E-state index contributed by atoms with van der Waals surface area (Å²) >= 11 is 0. The van der Waals surface area contributed by atoms with Crippen LogP contribution >= 0.6 is 0 Å². The first-order valence-electron chi connectivity index (χ1n) is 10.1. The summed E-state index contributed by atoms with van der Waals surface area (Å²) in [6, 6.07) is 22.9. The molecule has 1 amide bonds. The highest BCUT2D eigenvalue weighted by Crippen LogP contribution is 2.29. The maximum Gasteiger partial charge on any atom is 0.242 e. The summed E-state index contributed by atoms with van der Waals surface area (Å²) in [5, 5.41) is 14.1. The van der Waals surface area contributed by atoms with Crippen LogP contribution in [0.2, 0.25) is 0 Å². The van der Waals surface area contributed by atoms with E-state index in [0.29, 0.717) is 18.1 Å². The number of rotatable bonds is 7. The zero-order valence-corrected chi connectivity index (χ0v) is 17.2. The van der Waals surface area contributed by atoms with Crippen molar-refractivity contribution in [3.05, 3.63) is 95.7 Å². The number of hydrogen-bond acceptors (Lipinski definition) is 6. The Kier molecular flexibility index (Phi) is 6.06. The number of hydrogen-bond donors (Lipinski definition) is 3. The van der Waals surface area contributed by atoms with E-state index in [0.717, 1.165) is 16.7 Å². The first-order valence-corrected chi connectivity index (χ1v) is 10.1. The number of nitrogens with one attached hydrogen (secondary N) is 1. The minimum absolute atomic E-state index is 0.184. The normalized spacial score (nSPS) is 18.3. The molecule has 7 heteroatoms. The molecule has 4 rings (SSSR count). The predicted octanol–water partition coefficient (Wildman–Crippen LogP) is 2.35. The number of nitrogens with two attached hydrogens (primary N) is 1. The van der Waals surface area contributed by atoms with Crippen molar-refractivity contribution in [1.29, 1.82) is 0 Å². The number of aromatic nitrogens is 1. The van der Waals surface area contributed by atoms with Crippen LogP contribution in [0.15, 0.2) is 84.0 Å². The molecule has 2 aromatic carbocycles. The summed E-state index contributed by atoms with van der Waals surface area (Å²) in [4.78, 5) is 22.5. The topological polar surface area (TPSA) is 104 Å². The Bertz CT molecular complexity index is 1030. The molecule has 1 unspecified atom stereocenters. The van der Waals surface area contributed by atoms with Crippen LogP contribution in [0.4, 0.5) is 5.82 Å². The first kappa shape index (κ1) is 20.7. The lowest BCUT2D eigenvalue weighted by atomic mass is 9.89. The Hall–Kier alpha value is -3.55. The molecule has 0 radical (unpaired) electrons. The van der Waals surface area contributed by atoms with E-state index >= 15 is 0 Å². The van der Waals surface area contributed by atoms with Gasteiger partial charge in [0.2, 0.25) is 5.91 Å². The summed E-state index contributed by atoms with van der Waals surface area (Å²) in [6.45, 7) is 0. The molecule has 2 atom stereocenters. The molecular weight excluding hydrogens is 390 g/mol. The molecule has 1 saturated heterocycles. The van der Waals surface area contributed by atoms with Crippen LogP contribution in [0.25, 0.3) is 0 Å². The van der Waals surface area contributed by atoms with Crippen LogP contribution in [0.1, 0.15) is 22.7 Å². The van der Waals surface area contributed by atoms with E-state index in [9.17, 15) is 9.90 Å². The molecule has 0 saturated carbocycles. The molecule has 2 heterocycles. The number of benzene rings is 2. The fourth-order valence-electron chi connectivity index (χ4n) is 3.94. The highest BCUT2D eigenvalue weighted by molar-refractivity contribution is 6.20. The summed E-state index contributed by atoms with van der Waals surface area (Å²) in [7, 11) is 1.63. The van der Waals surface area contributed by atoms with E-state index < -0.39 is 12.3 Å². The minimum atomic E-state index is -1.21. The second-order valence-electron chi connectivity index (χ2n) is 7.43. The number of amidine groups is 1. The SMILES string of the molecule is CN=C1[C@@H](Cc2ccnc(N)c2)C(=O)N1C(O)NC(c1ccccc1)c1ccccc1. The number of anilines is 1. The molecule has 158 valence electrons. The monoisotopic (exact) mass is 415 g/mol. The van der Waals surface area contributed by atoms with Crippen LogP contribution in [0.3, 0.4) is 0 Å². The predicted molar refractivity (Wildman–Crippen MR) is 120 cm³/mol. The number of aliphatic imine (C=N–C) groups is 1. The Balaban J connectivity index is 1.53. The number of carbonyl (C=O) groups excluding carboxylic acids is 1. The van der Waals surface area contributed by atoms with Gasteiger partial charge >= 0.3 is 0 Å². The molecule has 4 N–H and O–H groups in total.